The molecule has 0 aliphatic rings. The van der Waals surface area contributed by atoms with Crippen LogP contribution in [-0.2, 0) is 6.42 Å². The molecule has 2 aromatic rings. The van der Waals surface area contributed by atoms with Crippen molar-refractivity contribution in [2.24, 2.45) is 0 Å². The summed E-state index contributed by atoms with van der Waals surface area (Å²) < 4.78 is 0. The summed E-state index contributed by atoms with van der Waals surface area (Å²) in [7, 11) is 0. The molecule has 0 saturated carbocycles. The SMILES string of the molecule is CCCc1nc(Cl)cc(NCCC(C)c2ccccc2)n1. The molecule has 0 bridgehead atoms. The number of benzene rings is 1. The second-order valence-electron chi connectivity index (χ2n) is 5.27. The van der Waals surface area contributed by atoms with E-state index in [1.165, 1.54) is 5.56 Å². The van der Waals surface area contributed by atoms with Crippen molar-refractivity contribution in [1.29, 1.82) is 0 Å². The van der Waals surface area contributed by atoms with E-state index in [1.54, 1.807) is 6.07 Å². The number of halogens is 1. The summed E-state index contributed by atoms with van der Waals surface area (Å²) in [5, 5.41) is 3.86. The zero-order valence-electron chi connectivity index (χ0n) is 12.6. The summed E-state index contributed by atoms with van der Waals surface area (Å²) in [6, 6.07) is 12.3. The average molecular weight is 304 g/mol. The Labute approximate surface area is 131 Å². The van der Waals surface area contributed by atoms with Crippen LogP contribution in [0.25, 0.3) is 0 Å². The lowest BCUT2D eigenvalue weighted by Gasteiger charge is -2.13. The molecule has 3 nitrogen and oxygen atoms in total. The van der Waals surface area contributed by atoms with Crippen molar-refractivity contribution >= 4 is 17.4 Å². The molecule has 1 unspecified atom stereocenters. The Hall–Kier alpha value is -1.61. The van der Waals surface area contributed by atoms with Crippen LogP contribution in [0.2, 0.25) is 5.15 Å². The summed E-state index contributed by atoms with van der Waals surface area (Å²) in [6.45, 7) is 5.22. The first-order valence-electron chi connectivity index (χ1n) is 7.51. The van der Waals surface area contributed by atoms with E-state index in [0.29, 0.717) is 11.1 Å². The van der Waals surface area contributed by atoms with Gasteiger partial charge in [-0.1, -0.05) is 55.8 Å². The van der Waals surface area contributed by atoms with Gasteiger partial charge in [-0.25, -0.2) is 9.97 Å². The molecule has 0 aliphatic heterocycles. The first kappa shape index (κ1) is 15.8. The van der Waals surface area contributed by atoms with E-state index in [-0.39, 0.29) is 0 Å². The van der Waals surface area contributed by atoms with Crippen LogP contribution in [0.1, 0.15) is 44.0 Å². The maximum absolute atomic E-state index is 6.03. The quantitative estimate of drug-likeness (QED) is 0.754. The van der Waals surface area contributed by atoms with E-state index in [2.05, 4.69) is 53.4 Å². The van der Waals surface area contributed by atoms with Crippen LogP contribution in [-0.4, -0.2) is 16.5 Å². The van der Waals surface area contributed by atoms with Crippen LogP contribution in [0.5, 0.6) is 0 Å². The molecule has 0 radical (unpaired) electrons. The molecular weight excluding hydrogens is 282 g/mol. The van der Waals surface area contributed by atoms with Crippen molar-refractivity contribution in [2.75, 3.05) is 11.9 Å². The van der Waals surface area contributed by atoms with E-state index in [4.69, 9.17) is 11.6 Å². The van der Waals surface area contributed by atoms with Gasteiger partial charge in [-0.15, -0.1) is 0 Å². The average Bonchev–Trinajstić information content (AvgIpc) is 2.48. The van der Waals surface area contributed by atoms with E-state index < -0.39 is 0 Å². The van der Waals surface area contributed by atoms with Gasteiger partial charge >= 0.3 is 0 Å². The Morgan fingerprint density at radius 1 is 1.19 bits per heavy atom. The summed E-state index contributed by atoms with van der Waals surface area (Å²) in [5.74, 6) is 2.15. The van der Waals surface area contributed by atoms with Gasteiger partial charge in [0.2, 0.25) is 0 Å². The van der Waals surface area contributed by atoms with Gasteiger partial charge < -0.3 is 5.32 Å². The molecule has 0 saturated heterocycles. The van der Waals surface area contributed by atoms with Gasteiger partial charge in [0, 0.05) is 19.0 Å². The summed E-state index contributed by atoms with van der Waals surface area (Å²) in [6.07, 6.45) is 2.93. The molecule has 1 aromatic heterocycles. The lowest BCUT2D eigenvalue weighted by atomic mass is 9.98. The predicted molar refractivity (Wildman–Crippen MR) is 89.0 cm³/mol. The third-order valence-corrected chi connectivity index (χ3v) is 3.66. The Kier molecular flexibility index (Phi) is 6.00. The molecule has 0 fully saturated rings. The fraction of sp³-hybridized carbons (Fsp3) is 0.412. The predicted octanol–water partition coefficient (Wildman–Crippen LogP) is 4.69. The van der Waals surface area contributed by atoms with E-state index in [1.807, 2.05) is 6.07 Å². The largest absolute Gasteiger partial charge is 0.370 e. The van der Waals surface area contributed by atoms with Crippen LogP contribution < -0.4 is 5.32 Å². The number of anilines is 1. The van der Waals surface area contributed by atoms with Crippen molar-refractivity contribution in [3.8, 4) is 0 Å². The molecule has 112 valence electrons. The van der Waals surface area contributed by atoms with E-state index in [9.17, 15) is 0 Å². The number of hydrogen-bond donors (Lipinski definition) is 1. The Morgan fingerprint density at radius 2 is 1.95 bits per heavy atom. The molecule has 2 rings (SSSR count). The van der Waals surface area contributed by atoms with Gasteiger partial charge in [0.1, 0.15) is 16.8 Å². The molecule has 0 spiro atoms. The molecular formula is C17H22ClN3. The highest BCUT2D eigenvalue weighted by molar-refractivity contribution is 6.29. The Bertz CT molecular complexity index is 557. The van der Waals surface area contributed by atoms with Crippen LogP contribution in [0.4, 0.5) is 5.82 Å². The van der Waals surface area contributed by atoms with Gasteiger partial charge in [0.05, 0.1) is 0 Å². The summed E-state index contributed by atoms with van der Waals surface area (Å²) in [5.41, 5.74) is 1.37. The number of hydrogen-bond acceptors (Lipinski definition) is 3. The zero-order valence-corrected chi connectivity index (χ0v) is 13.4. The van der Waals surface area contributed by atoms with E-state index >= 15 is 0 Å². The number of nitrogens with zero attached hydrogens (tertiary/aromatic N) is 2. The minimum Gasteiger partial charge on any atom is -0.370 e. The Balaban J connectivity index is 1.88. The number of nitrogens with one attached hydrogen (secondary N) is 1. The zero-order chi connectivity index (χ0) is 15.1. The van der Waals surface area contributed by atoms with E-state index in [0.717, 1.165) is 37.4 Å². The summed E-state index contributed by atoms with van der Waals surface area (Å²) in [4.78, 5) is 8.71. The Morgan fingerprint density at radius 3 is 2.67 bits per heavy atom. The monoisotopic (exact) mass is 303 g/mol. The van der Waals surface area contributed by atoms with Crippen molar-refractivity contribution in [1.82, 2.24) is 9.97 Å². The third kappa shape index (κ3) is 5.01. The van der Waals surface area contributed by atoms with Gasteiger partial charge in [-0.05, 0) is 24.3 Å². The van der Waals surface area contributed by atoms with Crippen LogP contribution >= 0.6 is 11.6 Å². The molecule has 21 heavy (non-hydrogen) atoms. The molecule has 1 N–H and O–H groups in total. The first-order valence-corrected chi connectivity index (χ1v) is 7.89. The minimum absolute atomic E-state index is 0.507. The fourth-order valence-electron chi connectivity index (χ4n) is 2.26. The van der Waals surface area contributed by atoms with Crippen LogP contribution in [0.3, 0.4) is 0 Å². The van der Waals surface area contributed by atoms with Gasteiger partial charge in [-0.3, -0.25) is 0 Å². The molecule has 1 aromatic carbocycles. The molecule has 1 heterocycles. The molecule has 4 heteroatoms. The molecule has 0 amide bonds. The number of aromatic nitrogens is 2. The van der Waals surface area contributed by atoms with Gasteiger partial charge in [0.25, 0.3) is 0 Å². The highest BCUT2D eigenvalue weighted by Crippen LogP contribution is 2.19. The highest BCUT2D eigenvalue weighted by Gasteiger charge is 2.06. The maximum atomic E-state index is 6.03. The number of aryl methyl sites for hydroxylation is 1. The molecule has 0 aliphatic carbocycles. The van der Waals surface area contributed by atoms with Gasteiger partial charge in [0.15, 0.2) is 0 Å². The second-order valence-corrected chi connectivity index (χ2v) is 5.66. The van der Waals surface area contributed by atoms with Crippen LogP contribution in [0, 0.1) is 0 Å². The lowest BCUT2D eigenvalue weighted by molar-refractivity contribution is 0.704. The maximum Gasteiger partial charge on any atom is 0.134 e. The standard InChI is InChI=1S/C17H22ClN3/c1-3-7-16-20-15(18)12-17(21-16)19-11-10-13(2)14-8-5-4-6-9-14/h4-6,8-9,12-13H,3,7,10-11H2,1-2H3,(H,19,20,21). The number of rotatable bonds is 7. The normalized spacial score (nSPS) is 12.1. The second kappa shape index (κ2) is 7.99. The first-order chi connectivity index (χ1) is 10.2. The third-order valence-electron chi connectivity index (χ3n) is 3.47. The highest BCUT2D eigenvalue weighted by atomic mass is 35.5. The fourth-order valence-corrected chi connectivity index (χ4v) is 2.46. The van der Waals surface area contributed by atoms with Crippen LogP contribution in [0.15, 0.2) is 36.4 Å². The topological polar surface area (TPSA) is 37.8 Å². The van der Waals surface area contributed by atoms with Crippen molar-refractivity contribution in [2.45, 2.75) is 39.0 Å². The lowest BCUT2D eigenvalue weighted by Crippen LogP contribution is -2.08. The minimum atomic E-state index is 0.507. The van der Waals surface area contributed by atoms with Gasteiger partial charge in [-0.2, -0.15) is 0 Å². The van der Waals surface area contributed by atoms with Crippen molar-refractivity contribution < 1.29 is 0 Å². The molecule has 1 atom stereocenters. The smallest absolute Gasteiger partial charge is 0.134 e. The summed E-state index contributed by atoms with van der Waals surface area (Å²) >= 11 is 6.03. The van der Waals surface area contributed by atoms with Crippen molar-refractivity contribution in [3.63, 3.8) is 0 Å². The van der Waals surface area contributed by atoms with Crippen molar-refractivity contribution in [3.05, 3.63) is 52.9 Å².